The molecule has 148 valence electrons. The van der Waals surface area contributed by atoms with Crippen LogP contribution in [0, 0.1) is 6.92 Å². The lowest BCUT2D eigenvalue weighted by Gasteiger charge is -2.23. The molecule has 1 N–H and O–H groups in total. The minimum Gasteiger partial charge on any atom is -0.310 e. The summed E-state index contributed by atoms with van der Waals surface area (Å²) in [5, 5.41) is 10.1. The van der Waals surface area contributed by atoms with Gasteiger partial charge in [0.05, 0.1) is 17.3 Å². The molecule has 4 aromatic rings. The molecule has 30 heavy (non-hydrogen) atoms. The number of rotatable bonds is 3. The van der Waals surface area contributed by atoms with Gasteiger partial charge in [0, 0.05) is 22.6 Å². The Balaban J connectivity index is 1.61. The van der Waals surface area contributed by atoms with E-state index < -0.39 is 5.92 Å². The van der Waals surface area contributed by atoms with Crippen LogP contribution in [-0.4, -0.2) is 21.5 Å². The van der Waals surface area contributed by atoms with Gasteiger partial charge in [-0.25, -0.2) is 4.68 Å². The Hall–Kier alpha value is -3.44. The van der Waals surface area contributed by atoms with Gasteiger partial charge >= 0.3 is 0 Å². The lowest BCUT2D eigenvalue weighted by Crippen LogP contribution is -2.28. The van der Waals surface area contributed by atoms with Crippen molar-refractivity contribution in [2.75, 3.05) is 5.32 Å². The Morgan fingerprint density at radius 2 is 1.87 bits per heavy atom. The fraction of sp³-hybridized carbons (Fsp3) is 0.125. The average Bonchev–Trinajstić information content (AvgIpc) is 3.08. The third kappa shape index (κ3) is 3.08. The van der Waals surface area contributed by atoms with Crippen LogP contribution in [0.25, 0.3) is 16.5 Å². The predicted octanol–water partition coefficient (Wildman–Crippen LogP) is 5.30. The normalized spacial score (nSPS) is 15.7. The number of fused-ring (bicyclic) bond motifs is 2. The van der Waals surface area contributed by atoms with Gasteiger partial charge in [0.2, 0.25) is 5.91 Å². The van der Waals surface area contributed by atoms with Crippen molar-refractivity contribution in [1.82, 2.24) is 9.78 Å². The fourth-order valence-electron chi connectivity index (χ4n) is 4.11. The molecule has 0 fully saturated rings. The van der Waals surface area contributed by atoms with Gasteiger partial charge in [-0.3, -0.25) is 9.59 Å². The van der Waals surface area contributed by atoms with Gasteiger partial charge in [0.1, 0.15) is 5.82 Å². The van der Waals surface area contributed by atoms with Crippen LogP contribution in [0.5, 0.6) is 0 Å². The van der Waals surface area contributed by atoms with Gasteiger partial charge in [-0.1, -0.05) is 54.1 Å². The Morgan fingerprint density at radius 1 is 1.07 bits per heavy atom. The van der Waals surface area contributed by atoms with E-state index in [1.807, 2.05) is 61.5 Å². The highest BCUT2D eigenvalue weighted by Crippen LogP contribution is 2.38. The molecule has 2 heterocycles. The number of hydrogen-bond donors (Lipinski definition) is 1. The van der Waals surface area contributed by atoms with E-state index >= 15 is 0 Å². The summed E-state index contributed by atoms with van der Waals surface area (Å²) in [6, 6.07) is 20.8. The number of Topliss-reactive ketones (excluding diaryl/α,β-unsaturated/α-hetero) is 1. The number of aryl methyl sites for hydroxylation is 1. The quantitative estimate of drug-likeness (QED) is 0.462. The minimum absolute atomic E-state index is 0.0782. The zero-order valence-corrected chi connectivity index (χ0v) is 17.0. The molecule has 1 amide bonds. The third-order valence-corrected chi connectivity index (χ3v) is 5.74. The van der Waals surface area contributed by atoms with Crippen LogP contribution in [0.15, 0.2) is 66.7 Å². The smallest absolute Gasteiger partial charge is 0.226 e. The Kier molecular flexibility index (Phi) is 4.40. The minimum atomic E-state index is -0.581. The van der Waals surface area contributed by atoms with Crippen molar-refractivity contribution in [3.8, 4) is 5.69 Å². The van der Waals surface area contributed by atoms with Crippen molar-refractivity contribution >= 4 is 39.9 Å². The Labute approximate surface area is 178 Å². The van der Waals surface area contributed by atoms with Crippen LogP contribution < -0.4 is 5.32 Å². The van der Waals surface area contributed by atoms with Crippen molar-refractivity contribution in [2.24, 2.45) is 0 Å². The molecular formula is C24H18ClN3O2. The molecule has 0 radical (unpaired) electrons. The second kappa shape index (κ2) is 7.11. The highest BCUT2D eigenvalue weighted by atomic mass is 35.5. The number of halogens is 1. The first-order chi connectivity index (χ1) is 14.5. The first-order valence-corrected chi connectivity index (χ1v) is 10.1. The first kappa shape index (κ1) is 18.6. The summed E-state index contributed by atoms with van der Waals surface area (Å²) < 4.78 is 1.65. The summed E-state index contributed by atoms with van der Waals surface area (Å²) in [5.41, 5.74) is 2.79. The van der Waals surface area contributed by atoms with E-state index in [1.165, 1.54) is 0 Å². The summed E-state index contributed by atoms with van der Waals surface area (Å²) >= 11 is 6.14. The maximum Gasteiger partial charge on any atom is 0.226 e. The molecule has 1 aliphatic rings. The topological polar surface area (TPSA) is 64.0 Å². The first-order valence-electron chi connectivity index (χ1n) is 9.69. The number of aromatic nitrogens is 2. The number of carbonyl (C=O) groups is 2. The Morgan fingerprint density at radius 3 is 2.67 bits per heavy atom. The molecule has 1 aromatic heterocycles. The van der Waals surface area contributed by atoms with Gasteiger partial charge in [0.25, 0.3) is 0 Å². The number of nitrogens with zero attached hydrogens (tertiary/aromatic N) is 2. The molecule has 6 heteroatoms. The monoisotopic (exact) mass is 415 g/mol. The van der Waals surface area contributed by atoms with E-state index in [4.69, 9.17) is 11.6 Å². The number of hydrogen-bond acceptors (Lipinski definition) is 3. The number of carbonyl (C=O) groups excluding carboxylic acids is 2. The molecule has 5 nitrogen and oxygen atoms in total. The van der Waals surface area contributed by atoms with E-state index in [0.717, 1.165) is 22.0 Å². The second-order valence-corrected chi connectivity index (χ2v) is 7.91. The van der Waals surface area contributed by atoms with Crippen molar-refractivity contribution in [3.63, 3.8) is 0 Å². The maximum atomic E-state index is 13.5. The molecule has 0 saturated carbocycles. The molecule has 0 spiro atoms. The number of anilines is 1. The third-order valence-electron chi connectivity index (χ3n) is 5.51. The molecule has 0 aliphatic carbocycles. The standard InChI is InChI=1S/C24H18ClN3O2/c1-14-22-20(23(30)17-10-9-15-5-2-3-6-16(15)11-17)13-21(29)26-24(22)28(27-14)19-8-4-7-18(25)12-19/h2-12,20H,13H2,1H3,(H,26,29)/t20-/m0/s1. The van der Waals surface area contributed by atoms with Crippen LogP contribution >= 0.6 is 11.6 Å². The predicted molar refractivity (Wildman–Crippen MR) is 118 cm³/mol. The van der Waals surface area contributed by atoms with Crippen LogP contribution in [0.4, 0.5) is 5.82 Å². The zero-order chi connectivity index (χ0) is 20.8. The van der Waals surface area contributed by atoms with Crippen LogP contribution in [0.2, 0.25) is 5.02 Å². The van der Waals surface area contributed by atoms with Gasteiger partial charge in [0.15, 0.2) is 5.78 Å². The van der Waals surface area contributed by atoms with Crippen molar-refractivity contribution < 1.29 is 9.59 Å². The van der Waals surface area contributed by atoms with Crippen molar-refractivity contribution in [2.45, 2.75) is 19.3 Å². The van der Waals surface area contributed by atoms with Gasteiger partial charge in [-0.2, -0.15) is 5.10 Å². The molecule has 0 saturated heterocycles. The SMILES string of the molecule is Cc1nn(-c2cccc(Cl)c2)c2c1[C@@H](C(=O)c1ccc3ccccc3c1)CC(=O)N2. The van der Waals surface area contributed by atoms with Gasteiger partial charge in [-0.05, 0) is 42.0 Å². The molecular weight excluding hydrogens is 398 g/mol. The highest BCUT2D eigenvalue weighted by molar-refractivity contribution is 6.30. The summed E-state index contributed by atoms with van der Waals surface area (Å²) in [5.74, 6) is -0.330. The van der Waals surface area contributed by atoms with E-state index in [1.54, 1.807) is 16.8 Å². The summed E-state index contributed by atoms with van der Waals surface area (Å²) in [6.07, 6.45) is 0.0980. The van der Waals surface area contributed by atoms with E-state index in [9.17, 15) is 9.59 Å². The van der Waals surface area contributed by atoms with Gasteiger partial charge < -0.3 is 5.32 Å². The number of benzene rings is 3. The molecule has 0 bridgehead atoms. The van der Waals surface area contributed by atoms with Crippen LogP contribution in [0.1, 0.15) is 34.0 Å². The van der Waals surface area contributed by atoms with Gasteiger partial charge in [-0.15, -0.1) is 0 Å². The second-order valence-electron chi connectivity index (χ2n) is 7.47. The number of amides is 1. The van der Waals surface area contributed by atoms with E-state index in [-0.39, 0.29) is 18.1 Å². The molecule has 0 unspecified atom stereocenters. The zero-order valence-electron chi connectivity index (χ0n) is 16.2. The lowest BCUT2D eigenvalue weighted by atomic mass is 9.85. The largest absolute Gasteiger partial charge is 0.310 e. The Bertz CT molecular complexity index is 1330. The average molecular weight is 416 g/mol. The van der Waals surface area contributed by atoms with Crippen molar-refractivity contribution in [3.05, 3.63) is 88.6 Å². The molecule has 1 aliphatic heterocycles. The summed E-state index contributed by atoms with van der Waals surface area (Å²) in [4.78, 5) is 26.0. The summed E-state index contributed by atoms with van der Waals surface area (Å²) in [6.45, 7) is 1.86. The molecule has 1 atom stereocenters. The molecule has 5 rings (SSSR count). The highest BCUT2D eigenvalue weighted by Gasteiger charge is 2.36. The van der Waals surface area contributed by atoms with E-state index in [2.05, 4.69) is 10.4 Å². The van der Waals surface area contributed by atoms with Crippen LogP contribution in [0.3, 0.4) is 0 Å². The fourth-order valence-corrected chi connectivity index (χ4v) is 4.29. The van der Waals surface area contributed by atoms with Crippen molar-refractivity contribution in [1.29, 1.82) is 0 Å². The number of nitrogens with one attached hydrogen (secondary N) is 1. The van der Waals surface area contributed by atoms with Crippen LogP contribution in [-0.2, 0) is 4.79 Å². The van der Waals surface area contributed by atoms with E-state index in [0.29, 0.717) is 22.1 Å². The number of ketones is 1. The molecule has 3 aromatic carbocycles. The maximum absolute atomic E-state index is 13.5. The lowest BCUT2D eigenvalue weighted by molar-refractivity contribution is -0.116. The summed E-state index contributed by atoms with van der Waals surface area (Å²) in [7, 11) is 0.